The van der Waals surface area contributed by atoms with Crippen molar-refractivity contribution in [3.8, 4) is 0 Å². The van der Waals surface area contributed by atoms with Crippen molar-refractivity contribution in [3.05, 3.63) is 17.5 Å². The van der Waals surface area contributed by atoms with Gasteiger partial charge in [-0.25, -0.2) is 0 Å². The van der Waals surface area contributed by atoms with Gasteiger partial charge in [0.05, 0.1) is 0 Å². The number of aromatic nitrogens is 1. The molecule has 80 valence electrons. The summed E-state index contributed by atoms with van der Waals surface area (Å²) < 4.78 is 5.18. The molecular formula is C10H17NO2S. The molecule has 4 heteroatoms. The number of hydrogen-bond acceptors (Lipinski definition) is 4. The van der Waals surface area contributed by atoms with Gasteiger partial charge in [0.15, 0.2) is 0 Å². The van der Waals surface area contributed by atoms with Gasteiger partial charge >= 0.3 is 0 Å². The Morgan fingerprint density at radius 2 is 2.29 bits per heavy atom. The third-order valence-corrected chi connectivity index (χ3v) is 2.89. The van der Waals surface area contributed by atoms with E-state index in [1.807, 2.05) is 6.07 Å². The summed E-state index contributed by atoms with van der Waals surface area (Å²) in [5, 5.41) is 13.5. The average Bonchev–Trinajstić information content (AvgIpc) is 2.51. The maximum Gasteiger partial charge on any atom is 0.140 e. The van der Waals surface area contributed by atoms with Crippen LogP contribution in [0.4, 0.5) is 0 Å². The molecule has 1 atom stereocenters. The van der Waals surface area contributed by atoms with Crippen molar-refractivity contribution in [3.63, 3.8) is 0 Å². The Kier molecular flexibility index (Phi) is 3.61. The zero-order valence-corrected chi connectivity index (χ0v) is 9.89. The SMILES string of the molecule is CSCC(C)c1cc(C(C)(C)O)no1. The Morgan fingerprint density at radius 3 is 2.71 bits per heavy atom. The van der Waals surface area contributed by atoms with Crippen LogP contribution in [0.5, 0.6) is 0 Å². The summed E-state index contributed by atoms with van der Waals surface area (Å²) in [7, 11) is 0. The predicted molar refractivity (Wildman–Crippen MR) is 58.5 cm³/mol. The van der Waals surface area contributed by atoms with E-state index in [9.17, 15) is 5.11 Å². The van der Waals surface area contributed by atoms with Crippen LogP contribution in [0, 0.1) is 0 Å². The van der Waals surface area contributed by atoms with Crippen LogP contribution in [0.25, 0.3) is 0 Å². The number of nitrogens with zero attached hydrogens (tertiary/aromatic N) is 1. The Bertz CT molecular complexity index is 291. The van der Waals surface area contributed by atoms with E-state index in [-0.39, 0.29) is 0 Å². The Labute approximate surface area is 88.9 Å². The van der Waals surface area contributed by atoms with E-state index >= 15 is 0 Å². The summed E-state index contributed by atoms with van der Waals surface area (Å²) in [6.07, 6.45) is 2.06. The Hall–Kier alpha value is -0.480. The minimum Gasteiger partial charge on any atom is -0.384 e. The fourth-order valence-electron chi connectivity index (χ4n) is 1.14. The van der Waals surface area contributed by atoms with E-state index in [0.717, 1.165) is 11.5 Å². The normalized spacial score (nSPS) is 14.4. The lowest BCUT2D eigenvalue weighted by molar-refractivity contribution is 0.0700. The molecule has 0 radical (unpaired) electrons. The van der Waals surface area contributed by atoms with E-state index in [4.69, 9.17) is 4.52 Å². The molecular weight excluding hydrogens is 198 g/mol. The van der Waals surface area contributed by atoms with Gasteiger partial charge in [0.2, 0.25) is 0 Å². The van der Waals surface area contributed by atoms with Gasteiger partial charge in [-0.15, -0.1) is 0 Å². The maximum atomic E-state index is 9.69. The molecule has 1 N–H and O–H groups in total. The van der Waals surface area contributed by atoms with Gasteiger partial charge in [-0.05, 0) is 20.1 Å². The lowest BCUT2D eigenvalue weighted by atomic mass is 10.0. The van der Waals surface area contributed by atoms with Crippen molar-refractivity contribution in [2.24, 2.45) is 0 Å². The summed E-state index contributed by atoms with van der Waals surface area (Å²) in [5.74, 6) is 2.19. The fourth-order valence-corrected chi connectivity index (χ4v) is 1.81. The van der Waals surface area contributed by atoms with Gasteiger partial charge in [0, 0.05) is 17.7 Å². The molecule has 0 bridgehead atoms. The van der Waals surface area contributed by atoms with Gasteiger partial charge in [-0.3, -0.25) is 0 Å². The molecule has 0 spiro atoms. The second-order valence-corrected chi connectivity index (χ2v) is 4.94. The molecule has 0 aliphatic carbocycles. The van der Waals surface area contributed by atoms with Gasteiger partial charge < -0.3 is 9.63 Å². The van der Waals surface area contributed by atoms with Crippen LogP contribution < -0.4 is 0 Å². The van der Waals surface area contributed by atoms with E-state index in [1.165, 1.54) is 0 Å². The molecule has 0 aliphatic rings. The van der Waals surface area contributed by atoms with E-state index in [1.54, 1.807) is 25.6 Å². The summed E-state index contributed by atoms with van der Waals surface area (Å²) >= 11 is 1.77. The standard InChI is InChI=1S/C10H17NO2S/c1-7(6-14-4)8-5-9(11-13-8)10(2,3)12/h5,7,12H,6H2,1-4H3. The second-order valence-electron chi connectivity index (χ2n) is 4.03. The van der Waals surface area contributed by atoms with Crippen LogP contribution in [0.15, 0.2) is 10.6 Å². The molecule has 1 aromatic rings. The van der Waals surface area contributed by atoms with Crippen LogP contribution in [0.2, 0.25) is 0 Å². The molecule has 0 aromatic carbocycles. The topological polar surface area (TPSA) is 46.3 Å². The summed E-state index contributed by atoms with van der Waals surface area (Å²) in [4.78, 5) is 0. The minimum atomic E-state index is -0.916. The highest BCUT2D eigenvalue weighted by atomic mass is 32.2. The van der Waals surface area contributed by atoms with E-state index in [0.29, 0.717) is 11.6 Å². The third kappa shape index (κ3) is 2.75. The predicted octanol–water partition coefficient (Wildman–Crippen LogP) is 2.37. The van der Waals surface area contributed by atoms with Gasteiger partial charge in [-0.1, -0.05) is 12.1 Å². The van der Waals surface area contributed by atoms with Gasteiger partial charge in [0.25, 0.3) is 0 Å². The zero-order valence-electron chi connectivity index (χ0n) is 9.07. The molecule has 14 heavy (non-hydrogen) atoms. The maximum absolute atomic E-state index is 9.69. The quantitative estimate of drug-likeness (QED) is 0.837. The third-order valence-electron chi connectivity index (χ3n) is 2.06. The first-order chi connectivity index (χ1) is 6.45. The molecule has 1 unspecified atom stereocenters. The second kappa shape index (κ2) is 4.36. The molecule has 0 saturated carbocycles. The van der Waals surface area contributed by atoms with E-state index in [2.05, 4.69) is 18.3 Å². The Morgan fingerprint density at radius 1 is 1.64 bits per heavy atom. The minimum absolute atomic E-state index is 0.341. The van der Waals surface area contributed by atoms with Crippen molar-refractivity contribution < 1.29 is 9.63 Å². The zero-order chi connectivity index (χ0) is 10.8. The number of hydrogen-bond donors (Lipinski definition) is 1. The van der Waals surface area contributed by atoms with Crippen LogP contribution in [-0.4, -0.2) is 22.3 Å². The van der Waals surface area contributed by atoms with Crippen molar-refractivity contribution >= 4 is 11.8 Å². The molecule has 3 nitrogen and oxygen atoms in total. The lowest BCUT2D eigenvalue weighted by Crippen LogP contribution is -2.15. The highest BCUT2D eigenvalue weighted by Crippen LogP contribution is 2.24. The highest BCUT2D eigenvalue weighted by molar-refractivity contribution is 7.98. The number of aliphatic hydroxyl groups is 1. The number of thioether (sulfide) groups is 1. The van der Waals surface area contributed by atoms with Crippen LogP contribution >= 0.6 is 11.8 Å². The van der Waals surface area contributed by atoms with Crippen LogP contribution in [0.1, 0.15) is 38.1 Å². The molecule has 1 rings (SSSR count). The Balaban J connectivity index is 2.78. The molecule has 1 aromatic heterocycles. The van der Waals surface area contributed by atoms with Crippen LogP contribution in [-0.2, 0) is 5.60 Å². The molecule has 0 saturated heterocycles. The molecule has 0 aliphatic heterocycles. The fraction of sp³-hybridized carbons (Fsp3) is 0.700. The summed E-state index contributed by atoms with van der Waals surface area (Å²) in [6, 6.07) is 1.83. The summed E-state index contributed by atoms with van der Waals surface area (Å²) in [6.45, 7) is 5.49. The van der Waals surface area contributed by atoms with Crippen molar-refractivity contribution in [1.29, 1.82) is 0 Å². The van der Waals surface area contributed by atoms with Gasteiger partial charge in [-0.2, -0.15) is 11.8 Å². The average molecular weight is 215 g/mol. The van der Waals surface area contributed by atoms with Crippen molar-refractivity contribution in [1.82, 2.24) is 5.16 Å². The first-order valence-electron chi connectivity index (χ1n) is 4.63. The monoisotopic (exact) mass is 215 g/mol. The van der Waals surface area contributed by atoms with Crippen molar-refractivity contribution in [2.75, 3.05) is 12.0 Å². The molecule has 1 heterocycles. The highest BCUT2D eigenvalue weighted by Gasteiger charge is 2.22. The molecule has 0 fully saturated rings. The summed E-state index contributed by atoms with van der Waals surface area (Å²) in [5.41, 5.74) is -0.318. The van der Waals surface area contributed by atoms with Crippen LogP contribution in [0.3, 0.4) is 0 Å². The van der Waals surface area contributed by atoms with Gasteiger partial charge in [0.1, 0.15) is 17.1 Å². The first kappa shape index (κ1) is 11.6. The van der Waals surface area contributed by atoms with Crippen molar-refractivity contribution in [2.45, 2.75) is 32.3 Å². The number of rotatable bonds is 4. The smallest absolute Gasteiger partial charge is 0.140 e. The largest absolute Gasteiger partial charge is 0.384 e. The first-order valence-corrected chi connectivity index (χ1v) is 6.03. The lowest BCUT2D eigenvalue weighted by Gasteiger charge is -2.11. The molecule has 0 amide bonds. The van der Waals surface area contributed by atoms with E-state index < -0.39 is 5.60 Å².